The SMILES string of the molecule is CC(O)CC[C@H](O)C(C)(C)O. The first-order chi connectivity index (χ1) is 4.84. The maximum absolute atomic E-state index is 9.27. The van der Waals surface area contributed by atoms with E-state index in [1.54, 1.807) is 20.8 Å². The zero-order valence-electron chi connectivity index (χ0n) is 7.41. The zero-order valence-corrected chi connectivity index (χ0v) is 7.41. The predicted octanol–water partition coefficient (Wildman–Crippen LogP) is 0.279. The van der Waals surface area contributed by atoms with E-state index in [0.717, 1.165) is 0 Å². The third kappa shape index (κ3) is 5.18. The molecule has 0 aromatic carbocycles. The van der Waals surface area contributed by atoms with Crippen LogP contribution in [0.1, 0.15) is 33.6 Å². The second-order valence-corrected chi connectivity index (χ2v) is 3.60. The lowest BCUT2D eigenvalue weighted by Crippen LogP contribution is -2.36. The summed E-state index contributed by atoms with van der Waals surface area (Å²) < 4.78 is 0. The highest BCUT2D eigenvalue weighted by Gasteiger charge is 2.23. The van der Waals surface area contributed by atoms with Crippen LogP contribution in [0, 0.1) is 0 Å². The average molecular weight is 162 g/mol. The molecule has 0 saturated heterocycles. The van der Waals surface area contributed by atoms with Crippen molar-refractivity contribution in [1.29, 1.82) is 0 Å². The highest BCUT2D eigenvalue weighted by molar-refractivity contribution is 4.76. The van der Waals surface area contributed by atoms with Gasteiger partial charge in [0.2, 0.25) is 0 Å². The molecule has 0 aromatic rings. The van der Waals surface area contributed by atoms with Crippen molar-refractivity contribution in [3.8, 4) is 0 Å². The van der Waals surface area contributed by atoms with Gasteiger partial charge >= 0.3 is 0 Å². The highest BCUT2D eigenvalue weighted by atomic mass is 16.3. The van der Waals surface area contributed by atoms with E-state index in [1.165, 1.54) is 0 Å². The van der Waals surface area contributed by atoms with E-state index in [2.05, 4.69) is 0 Å². The van der Waals surface area contributed by atoms with E-state index >= 15 is 0 Å². The molecule has 0 bridgehead atoms. The van der Waals surface area contributed by atoms with Crippen molar-refractivity contribution < 1.29 is 15.3 Å². The minimum absolute atomic E-state index is 0.410. The van der Waals surface area contributed by atoms with Gasteiger partial charge in [-0.05, 0) is 33.6 Å². The van der Waals surface area contributed by atoms with Gasteiger partial charge in [-0.2, -0.15) is 0 Å². The van der Waals surface area contributed by atoms with Crippen molar-refractivity contribution in [2.75, 3.05) is 0 Å². The zero-order chi connectivity index (χ0) is 9.07. The molecule has 3 nitrogen and oxygen atoms in total. The standard InChI is InChI=1S/C8H18O3/c1-6(9)4-5-7(10)8(2,3)11/h6-7,9-11H,4-5H2,1-3H3/t6?,7-/m0/s1. The van der Waals surface area contributed by atoms with Crippen molar-refractivity contribution in [2.45, 2.75) is 51.4 Å². The molecule has 0 aliphatic carbocycles. The molecular weight excluding hydrogens is 144 g/mol. The number of aliphatic hydroxyl groups is 3. The molecule has 0 fully saturated rings. The first kappa shape index (κ1) is 10.9. The van der Waals surface area contributed by atoms with Gasteiger partial charge in [0.05, 0.1) is 17.8 Å². The third-order valence-corrected chi connectivity index (χ3v) is 1.67. The summed E-state index contributed by atoms with van der Waals surface area (Å²) in [4.78, 5) is 0. The summed E-state index contributed by atoms with van der Waals surface area (Å²) in [5, 5.41) is 27.4. The Morgan fingerprint density at radius 2 is 1.64 bits per heavy atom. The smallest absolute Gasteiger partial charge is 0.0849 e. The Bertz CT molecular complexity index is 104. The Morgan fingerprint density at radius 1 is 1.18 bits per heavy atom. The van der Waals surface area contributed by atoms with Crippen LogP contribution >= 0.6 is 0 Å². The minimum atomic E-state index is -1.06. The molecule has 0 saturated carbocycles. The second-order valence-electron chi connectivity index (χ2n) is 3.60. The molecule has 0 amide bonds. The first-order valence-electron chi connectivity index (χ1n) is 3.92. The molecule has 2 atom stereocenters. The average Bonchev–Trinajstić information content (AvgIpc) is 1.80. The van der Waals surface area contributed by atoms with Crippen LogP contribution in [0.3, 0.4) is 0 Å². The topological polar surface area (TPSA) is 60.7 Å². The van der Waals surface area contributed by atoms with Crippen molar-refractivity contribution in [1.82, 2.24) is 0 Å². The van der Waals surface area contributed by atoms with E-state index in [-0.39, 0.29) is 0 Å². The Kier molecular flexibility index (Phi) is 4.00. The molecule has 0 rings (SSSR count). The van der Waals surface area contributed by atoms with Gasteiger partial charge in [-0.3, -0.25) is 0 Å². The Morgan fingerprint density at radius 3 is 1.91 bits per heavy atom. The van der Waals surface area contributed by atoms with Crippen LogP contribution in [0.2, 0.25) is 0 Å². The molecule has 11 heavy (non-hydrogen) atoms. The van der Waals surface area contributed by atoms with Gasteiger partial charge in [-0.25, -0.2) is 0 Å². The summed E-state index contributed by atoms with van der Waals surface area (Å²) in [5.41, 5.74) is -1.06. The molecular formula is C8H18O3. The fourth-order valence-electron chi connectivity index (χ4n) is 0.752. The Balaban J connectivity index is 3.61. The van der Waals surface area contributed by atoms with Gasteiger partial charge in [0.25, 0.3) is 0 Å². The summed E-state index contributed by atoms with van der Waals surface area (Å²) in [7, 11) is 0. The fourth-order valence-corrected chi connectivity index (χ4v) is 0.752. The van der Waals surface area contributed by atoms with Crippen LogP contribution in [0.4, 0.5) is 0 Å². The number of hydrogen-bond donors (Lipinski definition) is 3. The summed E-state index contributed by atoms with van der Waals surface area (Å²) >= 11 is 0. The van der Waals surface area contributed by atoms with E-state index in [4.69, 9.17) is 5.11 Å². The van der Waals surface area contributed by atoms with Gasteiger partial charge < -0.3 is 15.3 Å². The van der Waals surface area contributed by atoms with E-state index in [1.807, 2.05) is 0 Å². The molecule has 0 aliphatic heterocycles. The van der Waals surface area contributed by atoms with Crippen LogP contribution in [-0.4, -0.2) is 33.1 Å². The van der Waals surface area contributed by atoms with E-state index < -0.39 is 17.8 Å². The van der Waals surface area contributed by atoms with Gasteiger partial charge in [-0.15, -0.1) is 0 Å². The number of aliphatic hydroxyl groups excluding tert-OH is 2. The fraction of sp³-hybridized carbons (Fsp3) is 1.00. The van der Waals surface area contributed by atoms with Crippen molar-refractivity contribution in [3.05, 3.63) is 0 Å². The maximum Gasteiger partial charge on any atom is 0.0849 e. The van der Waals surface area contributed by atoms with Crippen LogP contribution < -0.4 is 0 Å². The maximum atomic E-state index is 9.27. The summed E-state index contributed by atoms with van der Waals surface area (Å²) in [6, 6.07) is 0. The quantitative estimate of drug-likeness (QED) is 0.556. The predicted molar refractivity (Wildman–Crippen MR) is 43.2 cm³/mol. The third-order valence-electron chi connectivity index (χ3n) is 1.67. The molecule has 0 spiro atoms. The summed E-state index contributed by atoms with van der Waals surface area (Å²) in [5.74, 6) is 0. The molecule has 0 aromatic heterocycles. The van der Waals surface area contributed by atoms with Gasteiger partial charge in [0.1, 0.15) is 0 Å². The second kappa shape index (κ2) is 4.04. The van der Waals surface area contributed by atoms with Gasteiger partial charge in [-0.1, -0.05) is 0 Å². The Labute approximate surface area is 67.7 Å². The van der Waals surface area contributed by atoms with E-state index in [9.17, 15) is 10.2 Å². The lowest BCUT2D eigenvalue weighted by molar-refractivity contribution is -0.0555. The van der Waals surface area contributed by atoms with E-state index in [0.29, 0.717) is 12.8 Å². The first-order valence-corrected chi connectivity index (χ1v) is 3.92. The summed E-state index contributed by atoms with van der Waals surface area (Å²) in [6.45, 7) is 4.77. The lowest BCUT2D eigenvalue weighted by atomic mass is 9.97. The minimum Gasteiger partial charge on any atom is -0.393 e. The van der Waals surface area contributed by atoms with Gasteiger partial charge in [0.15, 0.2) is 0 Å². The molecule has 1 unspecified atom stereocenters. The largest absolute Gasteiger partial charge is 0.393 e. The molecule has 0 heterocycles. The molecule has 0 radical (unpaired) electrons. The van der Waals surface area contributed by atoms with Crippen molar-refractivity contribution in [3.63, 3.8) is 0 Å². The van der Waals surface area contributed by atoms with Crippen LogP contribution in [0.5, 0.6) is 0 Å². The van der Waals surface area contributed by atoms with Crippen molar-refractivity contribution in [2.24, 2.45) is 0 Å². The molecule has 3 N–H and O–H groups in total. The molecule has 0 aliphatic rings. The molecule has 3 heteroatoms. The van der Waals surface area contributed by atoms with Gasteiger partial charge in [0, 0.05) is 0 Å². The number of rotatable bonds is 4. The number of hydrogen-bond acceptors (Lipinski definition) is 3. The van der Waals surface area contributed by atoms with Crippen LogP contribution in [0.25, 0.3) is 0 Å². The normalized spacial score (nSPS) is 18.0. The lowest BCUT2D eigenvalue weighted by Gasteiger charge is -2.24. The highest BCUT2D eigenvalue weighted by Crippen LogP contribution is 2.14. The van der Waals surface area contributed by atoms with Crippen LogP contribution in [0.15, 0.2) is 0 Å². The Hall–Kier alpha value is -0.120. The summed E-state index contributed by atoms with van der Waals surface area (Å²) in [6.07, 6.45) is -0.212. The monoisotopic (exact) mass is 162 g/mol. The van der Waals surface area contributed by atoms with Crippen LogP contribution in [-0.2, 0) is 0 Å². The molecule has 68 valence electrons. The van der Waals surface area contributed by atoms with Crippen molar-refractivity contribution >= 4 is 0 Å².